The van der Waals surface area contributed by atoms with E-state index in [9.17, 15) is 8.42 Å². The van der Waals surface area contributed by atoms with Crippen molar-refractivity contribution < 1.29 is 12.8 Å². The highest BCUT2D eigenvalue weighted by Crippen LogP contribution is 2.40. The van der Waals surface area contributed by atoms with E-state index in [0.717, 1.165) is 5.70 Å². The average molecular weight is 497 g/mol. The van der Waals surface area contributed by atoms with E-state index in [2.05, 4.69) is 26.3 Å². The van der Waals surface area contributed by atoms with E-state index in [0.29, 0.717) is 28.7 Å². The van der Waals surface area contributed by atoms with E-state index in [-0.39, 0.29) is 16.3 Å². The van der Waals surface area contributed by atoms with E-state index < -0.39 is 15.9 Å². The fourth-order valence-electron chi connectivity index (χ4n) is 5.35. The number of hydrogen-bond acceptors (Lipinski definition) is 5. The normalized spacial score (nSPS) is 20.7. The predicted octanol–water partition coefficient (Wildman–Crippen LogP) is 4.50. The molecule has 0 atom stereocenters. The first kappa shape index (κ1) is 23.3. The first-order valence-electron chi connectivity index (χ1n) is 11.6. The van der Waals surface area contributed by atoms with Crippen LogP contribution in [0.25, 0.3) is 16.6 Å². The molecule has 0 saturated carbocycles. The van der Waals surface area contributed by atoms with Gasteiger partial charge in [0, 0.05) is 61.6 Å². The highest BCUT2D eigenvalue weighted by atomic mass is 32.2. The molecule has 10 heteroatoms. The van der Waals surface area contributed by atoms with Crippen molar-refractivity contribution in [2.24, 2.45) is 14.1 Å². The van der Waals surface area contributed by atoms with Crippen molar-refractivity contribution in [3.8, 4) is 0 Å². The van der Waals surface area contributed by atoms with E-state index >= 15 is 4.39 Å². The van der Waals surface area contributed by atoms with Crippen molar-refractivity contribution in [3.05, 3.63) is 66.5 Å². The van der Waals surface area contributed by atoms with Crippen LogP contribution in [-0.4, -0.2) is 44.7 Å². The van der Waals surface area contributed by atoms with Gasteiger partial charge in [0.25, 0.3) is 10.0 Å². The predicted molar refractivity (Wildman–Crippen MR) is 135 cm³/mol. The van der Waals surface area contributed by atoms with Crippen molar-refractivity contribution in [2.45, 2.75) is 49.7 Å². The Hall–Kier alpha value is -3.40. The molecule has 0 radical (unpaired) electrons. The van der Waals surface area contributed by atoms with Crippen LogP contribution in [0.5, 0.6) is 0 Å². The third kappa shape index (κ3) is 4.16. The smallest absolute Gasteiger partial charge is 0.281 e. The fourth-order valence-corrected chi connectivity index (χ4v) is 6.39. The summed E-state index contributed by atoms with van der Waals surface area (Å²) in [7, 11) is -0.528. The minimum atomic E-state index is -3.94. The summed E-state index contributed by atoms with van der Waals surface area (Å²) >= 11 is 0. The summed E-state index contributed by atoms with van der Waals surface area (Å²) in [4.78, 5) is 6.78. The summed E-state index contributed by atoms with van der Waals surface area (Å²) in [5.41, 5.74) is 2.48. The second kappa shape index (κ2) is 8.67. The molecule has 0 unspecified atom stereocenters. The summed E-state index contributed by atoms with van der Waals surface area (Å²) < 4.78 is 46.9. The molecule has 184 valence electrons. The molecule has 2 fully saturated rings. The zero-order valence-electron chi connectivity index (χ0n) is 20.1. The largest absolute Gasteiger partial charge is 0.369 e. The van der Waals surface area contributed by atoms with Gasteiger partial charge in [-0.1, -0.05) is 6.58 Å². The van der Waals surface area contributed by atoms with Gasteiger partial charge >= 0.3 is 0 Å². The molecular weight excluding hydrogens is 467 g/mol. The van der Waals surface area contributed by atoms with Crippen LogP contribution >= 0.6 is 0 Å². The number of rotatable bonds is 7. The standard InChI is InChI=1S/C25H29FN6O2S/c1-16(32-18-6-7-19(32)9-8-18)5-10-21(26)17(2)20-15-30(3)25-24(20)22(11-13-27-25)29-35(33,34)23-12-14-31(4)28-23/h5,10-15,18-19H,2,6-9H2,1,3-4H3,(H,27,29)/b16-5+,21-10+. The molecule has 0 aromatic carbocycles. The number of nitrogens with one attached hydrogen (secondary N) is 1. The maximum absolute atomic E-state index is 15.3. The van der Waals surface area contributed by atoms with Crippen LogP contribution in [0.15, 0.2) is 66.0 Å². The lowest BCUT2D eigenvalue weighted by atomic mass is 10.0. The van der Waals surface area contributed by atoms with Crippen LogP contribution in [-0.2, 0) is 24.1 Å². The highest BCUT2D eigenvalue weighted by Gasteiger charge is 2.38. The quantitative estimate of drug-likeness (QED) is 0.487. The first-order valence-corrected chi connectivity index (χ1v) is 13.1. The molecule has 8 nitrogen and oxygen atoms in total. The second-order valence-electron chi connectivity index (χ2n) is 9.31. The van der Waals surface area contributed by atoms with Crippen LogP contribution in [0.1, 0.15) is 38.2 Å². The molecule has 35 heavy (non-hydrogen) atoms. The number of sulfonamides is 1. The molecule has 2 aliphatic rings. The lowest BCUT2D eigenvalue weighted by molar-refractivity contribution is 0.324. The van der Waals surface area contributed by atoms with Gasteiger partial charge < -0.3 is 9.47 Å². The van der Waals surface area contributed by atoms with Gasteiger partial charge in [0.05, 0.1) is 11.1 Å². The summed E-state index contributed by atoms with van der Waals surface area (Å²) in [6, 6.07) is 4.09. The van der Waals surface area contributed by atoms with E-state index in [4.69, 9.17) is 0 Å². The van der Waals surface area contributed by atoms with Gasteiger partial charge in [0.2, 0.25) is 0 Å². The minimum absolute atomic E-state index is 0.108. The van der Waals surface area contributed by atoms with Crippen molar-refractivity contribution in [2.75, 3.05) is 4.72 Å². The third-order valence-electron chi connectivity index (χ3n) is 7.01. The molecule has 3 aromatic heterocycles. The van der Waals surface area contributed by atoms with Gasteiger partial charge in [0.1, 0.15) is 11.5 Å². The van der Waals surface area contributed by atoms with Crippen molar-refractivity contribution in [3.63, 3.8) is 0 Å². The van der Waals surface area contributed by atoms with Crippen molar-refractivity contribution in [1.29, 1.82) is 0 Å². The number of fused-ring (bicyclic) bond motifs is 3. The van der Waals surface area contributed by atoms with Crippen LogP contribution in [0.4, 0.5) is 10.1 Å². The van der Waals surface area contributed by atoms with Gasteiger partial charge in [-0.3, -0.25) is 9.40 Å². The molecular formula is C25H29FN6O2S. The van der Waals surface area contributed by atoms with Gasteiger partial charge in [-0.25, -0.2) is 9.37 Å². The van der Waals surface area contributed by atoms with Crippen LogP contribution in [0.2, 0.25) is 0 Å². The lowest BCUT2D eigenvalue weighted by Crippen LogP contribution is -2.26. The van der Waals surface area contributed by atoms with E-state index in [1.165, 1.54) is 48.7 Å². The molecule has 2 saturated heterocycles. The van der Waals surface area contributed by atoms with Crippen molar-refractivity contribution >= 4 is 32.3 Å². The molecule has 2 aliphatic heterocycles. The number of aryl methyl sites for hydroxylation is 2. The molecule has 5 rings (SSSR count). The number of hydrogen-bond donors (Lipinski definition) is 1. The van der Waals surface area contributed by atoms with Gasteiger partial charge in [0.15, 0.2) is 5.03 Å². The number of halogens is 1. The van der Waals surface area contributed by atoms with E-state index in [1.54, 1.807) is 37.1 Å². The second-order valence-corrected chi connectivity index (χ2v) is 10.9. The Bertz CT molecular complexity index is 1460. The number of anilines is 1. The zero-order chi connectivity index (χ0) is 24.9. The first-order chi connectivity index (χ1) is 16.7. The summed E-state index contributed by atoms with van der Waals surface area (Å²) in [5, 5.41) is 4.35. The Labute approximate surface area is 204 Å². The molecule has 1 N–H and O–H groups in total. The molecule has 5 heterocycles. The number of pyridine rings is 1. The topological polar surface area (TPSA) is 85.0 Å². The summed E-state index contributed by atoms with van der Waals surface area (Å²) in [6.45, 7) is 6.01. The molecule has 0 aliphatic carbocycles. The number of allylic oxidation sites excluding steroid dienone is 5. The molecule has 2 bridgehead atoms. The minimum Gasteiger partial charge on any atom is -0.369 e. The average Bonchev–Trinajstić information content (AvgIpc) is 3.61. The Kier molecular flexibility index (Phi) is 5.79. The fraction of sp³-hybridized carbons (Fsp3) is 0.360. The third-order valence-corrected chi connectivity index (χ3v) is 8.27. The van der Waals surface area contributed by atoms with Crippen LogP contribution in [0.3, 0.4) is 0 Å². The van der Waals surface area contributed by atoms with Gasteiger partial charge in [-0.05, 0) is 56.9 Å². The van der Waals surface area contributed by atoms with Gasteiger partial charge in [-0.2, -0.15) is 13.5 Å². The highest BCUT2D eigenvalue weighted by molar-refractivity contribution is 7.92. The maximum Gasteiger partial charge on any atom is 0.281 e. The Morgan fingerprint density at radius 2 is 1.86 bits per heavy atom. The van der Waals surface area contributed by atoms with Crippen LogP contribution < -0.4 is 4.72 Å². The SMILES string of the molecule is C=C(/C(F)=C\C=C(/C)N1C2CCC1CC2)c1cn(C)c2nccc(NS(=O)(=O)c3ccn(C)n3)c12. The van der Waals surface area contributed by atoms with Gasteiger partial charge in [-0.15, -0.1) is 0 Å². The lowest BCUT2D eigenvalue weighted by Gasteiger charge is -2.24. The molecule has 0 spiro atoms. The van der Waals surface area contributed by atoms with E-state index in [1.807, 2.05) is 13.0 Å². The Morgan fingerprint density at radius 1 is 1.17 bits per heavy atom. The number of aromatic nitrogens is 4. The maximum atomic E-state index is 15.3. The summed E-state index contributed by atoms with van der Waals surface area (Å²) in [5.74, 6) is -0.481. The zero-order valence-corrected chi connectivity index (χ0v) is 20.9. The van der Waals surface area contributed by atoms with Crippen LogP contribution in [0, 0.1) is 0 Å². The van der Waals surface area contributed by atoms with Crippen molar-refractivity contribution in [1.82, 2.24) is 24.2 Å². The monoisotopic (exact) mass is 496 g/mol. The Morgan fingerprint density at radius 3 is 2.49 bits per heavy atom. The Balaban J connectivity index is 1.48. The molecule has 0 amide bonds. The molecule has 3 aromatic rings. The summed E-state index contributed by atoms with van der Waals surface area (Å²) in [6.07, 6.45) is 12.8. The number of nitrogens with zero attached hydrogens (tertiary/aromatic N) is 5.